The lowest BCUT2D eigenvalue weighted by Crippen LogP contribution is -2.51. The van der Waals surface area contributed by atoms with Crippen molar-refractivity contribution in [2.24, 2.45) is 0 Å². The minimum atomic E-state index is -4.42. The summed E-state index contributed by atoms with van der Waals surface area (Å²) >= 11 is 0. The number of fused-ring (bicyclic) bond motifs is 2. The van der Waals surface area contributed by atoms with Crippen molar-refractivity contribution in [3.05, 3.63) is 53.6 Å². The summed E-state index contributed by atoms with van der Waals surface area (Å²) in [6.45, 7) is -1.20. The number of carbonyl (C=O) groups is 2. The minimum absolute atomic E-state index is 0.00838. The third-order valence-electron chi connectivity index (χ3n) is 6.30. The van der Waals surface area contributed by atoms with E-state index in [2.05, 4.69) is 30.8 Å². The molecule has 3 atom stereocenters. The molecule has 6 rings (SSSR count). The summed E-state index contributed by atoms with van der Waals surface area (Å²) in [5, 5.41) is 13.2. The molecular weight excluding hydrogens is 472 g/mol. The maximum absolute atomic E-state index is 14.4. The first-order chi connectivity index (χ1) is 16.7. The van der Waals surface area contributed by atoms with Crippen LogP contribution in [-0.4, -0.2) is 54.0 Å². The number of imidazole rings is 1. The Bertz CT molecular complexity index is 1510. The topological polar surface area (TPSA) is 119 Å². The summed E-state index contributed by atoms with van der Waals surface area (Å²) in [5.41, 5.74) is 2.08. The van der Waals surface area contributed by atoms with Crippen molar-refractivity contribution in [1.82, 2.24) is 40.0 Å². The molecule has 180 valence electrons. The molecule has 1 saturated heterocycles. The van der Waals surface area contributed by atoms with E-state index in [1.54, 1.807) is 12.1 Å². The molecular formula is C21H16F4N8O2. The fourth-order valence-electron chi connectivity index (χ4n) is 4.55. The fourth-order valence-corrected chi connectivity index (χ4v) is 4.55. The number of amides is 3. The molecule has 0 radical (unpaired) electrons. The van der Waals surface area contributed by atoms with Crippen molar-refractivity contribution >= 4 is 28.5 Å². The van der Waals surface area contributed by atoms with E-state index >= 15 is 0 Å². The molecule has 2 N–H and O–H groups in total. The Kier molecular flexibility index (Phi) is 4.56. The van der Waals surface area contributed by atoms with E-state index < -0.39 is 36.5 Å². The van der Waals surface area contributed by atoms with Crippen LogP contribution in [0.1, 0.15) is 41.1 Å². The monoisotopic (exact) mass is 488 g/mol. The predicted molar refractivity (Wildman–Crippen MR) is 111 cm³/mol. The van der Waals surface area contributed by atoms with Crippen molar-refractivity contribution < 1.29 is 27.2 Å². The van der Waals surface area contributed by atoms with Crippen LogP contribution in [0.15, 0.2) is 30.7 Å². The maximum atomic E-state index is 14.4. The van der Waals surface area contributed by atoms with E-state index in [1.807, 2.05) is 0 Å². The molecule has 1 aliphatic carbocycles. The maximum Gasteiger partial charge on any atom is 0.408 e. The number of hydrogen-bond acceptors (Lipinski definition) is 6. The van der Waals surface area contributed by atoms with Crippen LogP contribution in [0.4, 0.5) is 22.4 Å². The number of alkyl halides is 3. The Hall–Kier alpha value is -4.10. The van der Waals surface area contributed by atoms with Crippen LogP contribution < -0.4 is 10.6 Å². The molecule has 35 heavy (non-hydrogen) atoms. The molecule has 0 spiro atoms. The van der Waals surface area contributed by atoms with Crippen LogP contribution in [0, 0.1) is 5.95 Å². The van der Waals surface area contributed by atoms with Gasteiger partial charge in [0.2, 0.25) is 11.9 Å². The van der Waals surface area contributed by atoms with Crippen molar-refractivity contribution in [2.75, 3.05) is 6.54 Å². The van der Waals surface area contributed by atoms with E-state index in [9.17, 15) is 27.2 Å². The smallest absolute Gasteiger partial charge is 0.337 e. The number of rotatable bonds is 4. The SMILES string of the molecule is O=C1NCC(c2cc([C@H]3CC3c3cc4c(cn3)cnn4CC(F)(F)F)c3ncc(F)n3n2)C(=O)N1. The lowest BCUT2D eigenvalue weighted by molar-refractivity contribution is -0.141. The predicted octanol–water partition coefficient (Wildman–Crippen LogP) is 2.37. The molecule has 4 aromatic heterocycles. The number of nitrogens with one attached hydrogen (secondary N) is 2. The van der Waals surface area contributed by atoms with Gasteiger partial charge in [0.15, 0.2) is 5.65 Å². The van der Waals surface area contributed by atoms with Gasteiger partial charge in [0, 0.05) is 35.3 Å². The molecule has 1 saturated carbocycles. The quantitative estimate of drug-likeness (QED) is 0.426. The molecule has 2 aliphatic rings. The Morgan fingerprint density at radius 3 is 2.66 bits per heavy atom. The average molecular weight is 488 g/mol. The highest BCUT2D eigenvalue weighted by Crippen LogP contribution is 2.55. The third-order valence-corrected chi connectivity index (χ3v) is 6.30. The third kappa shape index (κ3) is 3.74. The Balaban J connectivity index is 1.36. The molecule has 0 aromatic carbocycles. The van der Waals surface area contributed by atoms with Gasteiger partial charge in [-0.2, -0.15) is 32.3 Å². The van der Waals surface area contributed by atoms with Gasteiger partial charge >= 0.3 is 12.2 Å². The summed E-state index contributed by atoms with van der Waals surface area (Å²) < 4.78 is 55.1. The van der Waals surface area contributed by atoms with Gasteiger partial charge in [-0.05, 0) is 24.5 Å². The molecule has 2 unspecified atom stereocenters. The lowest BCUT2D eigenvalue weighted by atomic mass is 9.99. The van der Waals surface area contributed by atoms with Crippen LogP contribution in [0.5, 0.6) is 0 Å². The van der Waals surface area contributed by atoms with Gasteiger partial charge in [0.25, 0.3) is 0 Å². The van der Waals surface area contributed by atoms with Crippen molar-refractivity contribution in [1.29, 1.82) is 0 Å². The van der Waals surface area contributed by atoms with E-state index in [1.165, 1.54) is 12.4 Å². The number of carbonyl (C=O) groups excluding carboxylic acids is 2. The number of hydrogen-bond donors (Lipinski definition) is 2. The Morgan fingerprint density at radius 2 is 1.89 bits per heavy atom. The fraction of sp³-hybridized carbons (Fsp3) is 0.333. The van der Waals surface area contributed by atoms with E-state index in [4.69, 9.17) is 0 Å². The molecule has 5 heterocycles. The van der Waals surface area contributed by atoms with Crippen LogP contribution in [0.2, 0.25) is 0 Å². The number of pyridine rings is 1. The molecule has 3 amide bonds. The second-order valence-corrected chi connectivity index (χ2v) is 8.63. The zero-order chi connectivity index (χ0) is 24.5. The second-order valence-electron chi connectivity index (χ2n) is 8.63. The zero-order valence-corrected chi connectivity index (χ0v) is 17.8. The van der Waals surface area contributed by atoms with E-state index in [0.717, 1.165) is 15.4 Å². The number of urea groups is 1. The molecule has 1 aliphatic heterocycles. The second kappa shape index (κ2) is 7.45. The standard InChI is InChI=1S/C21H16F4N8O2/c22-17-7-27-18-12(2-15(31-33(17)18)13-6-28-20(35)30-19(13)34)10-1-11(10)14-3-16-9(4-26-14)5-29-32(16)8-21(23,24)25/h2-5,7,10-11,13H,1,6,8H2,(H2,28,30,34,35)/t10-,11?,13?/m0/s1. The van der Waals surface area contributed by atoms with E-state index in [-0.39, 0.29) is 29.7 Å². The summed E-state index contributed by atoms with van der Waals surface area (Å²) in [5.74, 6) is -2.39. The van der Waals surface area contributed by atoms with E-state index in [0.29, 0.717) is 28.6 Å². The van der Waals surface area contributed by atoms with Crippen LogP contribution in [0.25, 0.3) is 16.6 Å². The highest BCUT2D eigenvalue weighted by molar-refractivity contribution is 6.00. The highest BCUT2D eigenvalue weighted by atomic mass is 19.4. The summed E-state index contributed by atoms with van der Waals surface area (Å²) in [6, 6.07) is 2.64. The first kappa shape index (κ1) is 21.4. The van der Waals surface area contributed by atoms with Gasteiger partial charge in [-0.3, -0.25) is 19.8 Å². The Morgan fingerprint density at radius 1 is 1.06 bits per heavy atom. The average Bonchev–Trinajstić information content (AvgIpc) is 3.38. The number of nitrogens with zero attached hydrogens (tertiary/aromatic N) is 6. The van der Waals surface area contributed by atoms with Crippen LogP contribution >= 0.6 is 0 Å². The van der Waals surface area contributed by atoms with Crippen molar-refractivity contribution in [3.63, 3.8) is 0 Å². The number of imide groups is 1. The largest absolute Gasteiger partial charge is 0.408 e. The van der Waals surface area contributed by atoms with Gasteiger partial charge in [0.1, 0.15) is 6.54 Å². The first-order valence-electron chi connectivity index (χ1n) is 10.7. The lowest BCUT2D eigenvalue weighted by Gasteiger charge is -2.22. The van der Waals surface area contributed by atoms with Gasteiger partial charge in [-0.15, -0.1) is 0 Å². The zero-order valence-electron chi connectivity index (χ0n) is 17.8. The van der Waals surface area contributed by atoms with Crippen molar-refractivity contribution in [2.45, 2.75) is 36.9 Å². The normalized spacial score (nSPS) is 22.5. The van der Waals surface area contributed by atoms with Gasteiger partial charge in [0.05, 0.1) is 29.5 Å². The summed E-state index contributed by atoms with van der Waals surface area (Å²) in [7, 11) is 0. The number of aromatic nitrogens is 6. The molecule has 0 bridgehead atoms. The van der Waals surface area contributed by atoms with Gasteiger partial charge < -0.3 is 5.32 Å². The minimum Gasteiger partial charge on any atom is -0.337 e. The highest BCUT2D eigenvalue weighted by Gasteiger charge is 2.43. The van der Waals surface area contributed by atoms with Crippen LogP contribution in [0.3, 0.4) is 0 Å². The molecule has 14 heteroatoms. The van der Waals surface area contributed by atoms with Crippen LogP contribution in [-0.2, 0) is 11.3 Å². The first-order valence-corrected chi connectivity index (χ1v) is 10.7. The van der Waals surface area contributed by atoms with Gasteiger partial charge in [-0.1, -0.05) is 0 Å². The summed E-state index contributed by atoms with van der Waals surface area (Å²) in [4.78, 5) is 32.3. The molecule has 2 fully saturated rings. The molecule has 10 nitrogen and oxygen atoms in total. The molecule has 4 aromatic rings. The Labute approximate surface area is 193 Å². The van der Waals surface area contributed by atoms with Crippen molar-refractivity contribution in [3.8, 4) is 0 Å². The summed E-state index contributed by atoms with van der Waals surface area (Å²) in [6.07, 6.45) is 0.0297. The number of halogens is 4. The van der Waals surface area contributed by atoms with Gasteiger partial charge in [-0.25, -0.2) is 9.78 Å².